The number of benzene rings is 2. The van der Waals surface area contributed by atoms with Crippen LogP contribution in [-0.2, 0) is 11.2 Å². The summed E-state index contributed by atoms with van der Waals surface area (Å²) in [6, 6.07) is 11.5. The van der Waals surface area contributed by atoms with E-state index in [1.165, 1.54) is 12.1 Å². The zero-order valence-electron chi connectivity index (χ0n) is 20.6. The third-order valence-electron chi connectivity index (χ3n) is 7.83. The Morgan fingerprint density at radius 3 is 2.22 bits per heavy atom. The topological polar surface area (TPSA) is 99.4 Å². The molecule has 4 rings (SSSR count). The van der Waals surface area contributed by atoms with E-state index < -0.39 is 61.7 Å². The number of aliphatic hydroxyl groups is 4. The van der Waals surface area contributed by atoms with Crippen LogP contribution in [0.5, 0.6) is 5.75 Å². The molecule has 1 saturated carbocycles. The molecule has 1 aliphatic heterocycles. The van der Waals surface area contributed by atoms with Crippen LogP contribution in [-0.4, -0.2) is 71.4 Å². The molecule has 6 nitrogen and oxygen atoms in total. The van der Waals surface area contributed by atoms with Gasteiger partial charge in [0, 0.05) is 11.8 Å². The van der Waals surface area contributed by atoms with Crippen LogP contribution in [0, 0.1) is 17.2 Å². The molecule has 5 atom stereocenters. The zero-order valence-corrected chi connectivity index (χ0v) is 20.6. The van der Waals surface area contributed by atoms with E-state index in [0.29, 0.717) is 36.3 Å². The Balaban J connectivity index is 1.36. The maximum Gasteiger partial charge on any atom is 0.126 e. The van der Waals surface area contributed by atoms with E-state index in [2.05, 4.69) is 0 Å². The second-order valence-electron chi connectivity index (χ2n) is 10.4. The molecule has 2 aromatic rings. The fourth-order valence-corrected chi connectivity index (χ4v) is 5.18. The highest BCUT2D eigenvalue weighted by atomic mass is 19.1. The van der Waals surface area contributed by atoms with Crippen LogP contribution < -0.4 is 4.74 Å². The first-order valence-corrected chi connectivity index (χ1v) is 12.7. The molecule has 1 saturated heterocycles. The van der Waals surface area contributed by atoms with E-state index in [9.17, 15) is 33.6 Å². The molecule has 2 aliphatic rings. The number of ether oxygens (including phenoxy) is 2. The Hall–Kier alpha value is -2.17. The summed E-state index contributed by atoms with van der Waals surface area (Å²) in [7, 11) is 0. The van der Waals surface area contributed by atoms with Gasteiger partial charge in [0.05, 0.1) is 26.6 Å². The third-order valence-corrected chi connectivity index (χ3v) is 7.83. The zero-order chi connectivity index (χ0) is 26.6. The van der Waals surface area contributed by atoms with Crippen LogP contribution in [0.15, 0.2) is 42.5 Å². The summed E-state index contributed by atoms with van der Waals surface area (Å²) in [5.41, 5.74) is 0.790. The molecule has 37 heavy (non-hydrogen) atoms. The number of hydrogen-bond donors (Lipinski definition) is 4. The lowest BCUT2D eigenvalue weighted by molar-refractivity contribution is -0.231. The average molecular weight is 525 g/mol. The highest BCUT2D eigenvalue weighted by Crippen LogP contribution is 2.40. The number of rotatable bonds is 9. The first kappa shape index (κ1) is 27.9. The number of aliphatic hydroxyl groups excluding tert-OH is 4. The average Bonchev–Trinajstić information content (AvgIpc) is 2.93. The highest BCUT2D eigenvalue weighted by molar-refractivity contribution is 5.35. The van der Waals surface area contributed by atoms with Gasteiger partial charge in [0.25, 0.3) is 0 Å². The first-order chi connectivity index (χ1) is 17.8. The maximum absolute atomic E-state index is 14.6. The van der Waals surface area contributed by atoms with Gasteiger partial charge >= 0.3 is 0 Å². The molecule has 1 aliphatic carbocycles. The Morgan fingerprint density at radius 2 is 1.59 bits per heavy atom. The normalized spacial score (nSPS) is 28.2. The molecule has 0 bridgehead atoms. The molecule has 4 N–H and O–H groups in total. The van der Waals surface area contributed by atoms with E-state index in [1.54, 1.807) is 18.2 Å². The summed E-state index contributed by atoms with van der Waals surface area (Å²) in [6.45, 7) is -1.31. The van der Waals surface area contributed by atoms with Crippen molar-refractivity contribution in [2.45, 2.75) is 62.6 Å². The van der Waals surface area contributed by atoms with E-state index in [1.807, 2.05) is 12.1 Å². The smallest absolute Gasteiger partial charge is 0.126 e. The van der Waals surface area contributed by atoms with Crippen molar-refractivity contribution in [2.24, 2.45) is 11.3 Å². The Morgan fingerprint density at radius 1 is 0.919 bits per heavy atom. The molecule has 1 heterocycles. The summed E-state index contributed by atoms with van der Waals surface area (Å²) in [5.74, 6) is 0.473. The molecule has 0 aromatic heterocycles. The van der Waals surface area contributed by atoms with Crippen LogP contribution >= 0.6 is 0 Å². The largest absolute Gasteiger partial charge is 0.493 e. The third kappa shape index (κ3) is 6.29. The summed E-state index contributed by atoms with van der Waals surface area (Å²) in [5, 5.41) is 39.9. The maximum atomic E-state index is 14.6. The molecule has 2 aromatic carbocycles. The van der Waals surface area contributed by atoms with E-state index in [0.717, 1.165) is 18.4 Å². The predicted molar refractivity (Wildman–Crippen MR) is 130 cm³/mol. The van der Waals surface area contributed by atoms with Crippen LogP contribution in [0.3, 0.4) is 0 Å². The molecule has 204 valence electrons. The van der Waals surface area contributed by atoms with Gasteiger partial charge in [-0.2, -0.15) is 0 Å². The molecule has 2 fully saturated rings. The van der Waals surface area contributed by atoms with Crippen molar-refractivity contribution in [3.8, 4) is 5.75 Å². The van der Waals surface area contributed by atoms with Crippen LogP contribution in [0.4, 0.5) is 13.2 Å². The second-order valence-corrected chi connectivity index (χ2v) is 10.4. The summed E-state index contributed by atoms with van der Waals surface area (Å²) < 4.78 is 52.5. The molecule has 9 heteroatoms. The summed E-state index contributed by atoms with van der Waals surface area (Å²) in [4.78, 5) is 0. The fraction of sp³-hybridized carbons (Fsp3) is 0.571. The van der Waals surface area contributed by atoms with Crippen LogP contribution in [0.2, 0.25) is 0 Å². The lowest BCUT2D eigenvalue weighted by Crippen LogP contribution is -2.55. The van der Waals surface area contributed by atoms with Crippen molar-refractivity contribution >= 4 is 0 Å². The van der Waals surface area contributed by atoms with E-state index in [4.69, 9.17) is 9.47 Å². The van der Waals surface area contributed by atoms with E-state index in [-0.39, 0.29) is 12.3 Å². The van der Waals surface area contributed by atoms with Crippen molar-refractivity contribution < 1.29 is 43.1 Å². The van der Waals surface area contributed by atoms with Gasteiger partial charge in [-0.3, -0.25) is 8.78 Å². The van der Waals surface area contributed by atoms with Crippen molar-refractivity contribution in [2.75, 3.05) is 26.6 Å². The summed E-state index contributed by atoms with van der Waals surface area (Å²) in [6.07, 6.45) is -3.73. The van der Waals surface area contributed by atoms with Crippen LogP contribution in [0.25, 0.3) is 0 Å². The molecule has 0 amide bonds. The van der Waals surface area contributed by atoms with Gasteiger partial charge in [-0.15, -0.1) is 0 Å². The minimum absolute atomic E-state index is 0.255. The number of hydrogen-bond acceptors (Lipinski definition) is 6. The molecule has 0 unspecified atom stereocenters. The minimum Gasteiger partial charge on any atom is -0.493 e. The van der Waals surface area contributed by atoms with Gasteiger partial charge in [0.1, 0.15) is 42.1 Å². The highest BCUT2D eigenvalue weighted by Gasteiger charge is 2.44. The lowest BCUT2D eigenvalue weighted by Gasteiger charge is -2.40. The lowest BCUT2D eigenvalue weighted by atomic mass is 9.72. The van der Waals surface area contributed by atoms with Gasteiger partial charge in [-0.25, -0.2) is 4.39 Å². The molecule has 0 spiro atoms. The second kappa shape index (κ2) is 12.1. The van der Waals surface area contributed by atoms with Crippen molar-refractivity contribution in [1.82, 2.24) is 0 Å². The molecular weight excluding hydrogens is 489 g/mol. The quantitative estimate of drug-likeness (QED) is 0.401. The predicted octanol–water partition coefficient (Wildman–Crippen LogP) is 3.43. The van der Waals surface area contributed by atoms with Crippen LogP contribution in [0.1, 0.15) is 48.5 Å². The fourth-order valence-electron chi connectivity index (χ4n) is 5.18. The van der Waals surface area contributed by atoms with Gasteiger partial charge in [0.15, 0.2) is 0 Å². The first-order valence-electron chi connectivity index (χ1n) is 12.7. The van der Waals surface area contributed by atoms with Gasteiger partial charge in [-0.1, -0.05) is 18.2 Å². The number of halogens is 3. The van der Waals surface area contributed by atoms with Gasteiger partial charge < -0.3 is 29.9 Å². The van der Waals surface area contributed by atoms with Crippen molar-refractivity contribution in [3.05, 3.63) is 65.0 Å². The van der Waals surface area contributed by atoms with Gasteiger partial charge in [-0.05, 0) is 72.6 Å². The molecule has 0 radical (unpaired) electrons. The monoisotopic (exact) mass is 524 g/mol. The standard InChI is InChI=1S/C28H35F3O6/c29-15-28(16-30)9-7-18(8-10-28)14-36-21-4-1-17(2-5-21)11-20-12-19(3-6-22(20)31)27-26(35)25(34)24(33)23(13-32)37-27/h1-6,12,18,23-27,32-35H,7-11,13-16H2/t23-,24-,25+,26-,27+/m1/s1. The minimum atomic E-state index is -1.51. The Kier molecular flexibility index (Phi) is 9.13. The van der Waals surface area contributed by atoms with Gasteiger partial charge in [0.2, 0.25) is 0 Å². The number of alkyl halides is 2. The van der Waals surface area contributed by atoms with Crippen molar-refractivity contribution in [1.29, 1.82) is 0 Å². The van der Waals surface area contributed by atoms with E-state index >= 15 is 0 Å². The Bertz CT molecular complexity index is 1000. The Labute approximate surface area is 214 Å². The SMILES string of the molecule is OC[C@H]1O[C@@H](c2ccc(F)c(Cc3ccc(OCC4CCC(CF)(CF)CC4)cc3)c2)[C@H](O)[C@@H](O)[C@@H]1O. The van der Waals surface area contributed by atoms with Crippen molar-refractivity contribution in [3.63, 3.8) is 0 Å². The summed E-state index contributed by atoms with van der Waals surface area (Å²) >= 11 is 0. The molecular formula is C28H35F3O6.